The highest BCUT2D eigenvalue weighted by Gasteiger charge is 2.12. The minimum absolute atomic E-state index is 0.112. The molecule has 1 heterocycles. The topological polar surface area (TPSA) is 62.0 Å². The number of anilines is 1. The molecule has 0 aliphatic heterocycles. The zero-order valence-corrected chi connectivity index (χ0v) is 12.9. The second-order valence-corrected chi connectivity index (χ2v) is 5.41. The van der Waals surface area contributed by atoms with Crippen molar-refractivity contribution in [3.8, 4) is 0 Å². The molecule has 20 heavy (non-hydrogen) atoms. The molecule has 0 fully saturated rings. The summed E-state index contributed by atoms with van der Waals surface area (Å²) in [5.74, 6) is -0.400. The van der Waals surface area contributed by atoms with E-state index in [-0.39, 0.29) is 11.1 Å². The van der Waals surface area contributed by atoms with Gasteiger partial charge in [0.1, 0.15) is 5.56 Å². The maximum absolute atomic E-state index is 12.2. The number of rotatable bonds is 3. The molecule has 2 N–H and O–H groups in total. The van der Waals surface area contributed by atoms with Gasteiger partial charge in [0, 0.05) is 15.9 Å². The van der Waals surface area contributed by atoms with Gasteiger partial charge in [-0.1, -0.05) is 22.9 Å². The first-order valence-corrected chi connectivity index (χ1v) is 7.10. The third-order valence-electron chi connectivity index (χ3n) is 3.00. The van der Waals surface area contributed by atoms with Crippen LogP contribution in [0, 0.1) is 6.92 Å². The third kappa shape index (κ3) is 3.17. The quantitative estimate of drug-likeness (QED) is 0.904. The van der Waals surface area contributed by atoms with Crippen molar-refractivity contribution in [2.45, 2.75) is 20.3 Å². The van der Waals surface area contributed by atoms with Crippen LogP contribution in [0.15, 0.2) is 39.6 Å². The van der Waals surface area contributed by atoms with Crippen LogP contribution in [0.4, 0.5) is 5.69 Å². The Kier molecular flexibility index (Phi) is 4.39. The lowest BCUT2D eigenvalue weighted by atomic mass is 10.1. The van der Waals surface area contributed by atoms with E-state index >= 15 is 0 Å². The molecule has 1 aromatic carbocycles. The first-order valence-electron chi connectivity index (χ1n) is 6.31. The summed E-state index contributed by atoms with van der Waals surface area (Å²) in [6.45, 7) is 3.78. The molecular formula is C15H15BrN2O2. The van der Waals surface area contributed by atoms with Crippen molar-refractivity contribution in [3.05, 3.63) is 62.0 Å². The van der Waals surface area contributed by atoms with E-state index in [1.54, 1.807) is 13.0 Å². The lowest BCUT2D eigenvalue weighted by Crippen LogP contribution is -2.23. The van der Waals surface area contributed by atoms with E-state index in [2.05, 4.69) is 26.2 Å². The average molecular weight is 335 g/mol. The van der Waals surface area contributed by atoms with Gasteiger partial charge in [-0.25, -0.2) is 0 Å². The monoisotopic (exact) mass is 334 g/mol. The van der Waals surface area contributed by atoms with Gasteiger partial charge >= 0.3 is 0 Å². The van der Waals surface area contributed by atoms with E-state index in [9.17, 15) is 9.59 Å². The Balaban J connectivity index is 2.30. The molecule has 4 nitrogen and oxygen atoms in total. The van der Waals surface area contributed by atoms with Crippen molar-refractivity contribution in [2.75, 3.05) is 5.32 Å². The number of halogens is 1. The van der Waals surface area contributed by atoms with Crippen LogP contribution in [-0.4, -0.2) is 10.9 Å². The number of hydrogen-bond donors (Lipinski definition) is 2. The van der Waals surface area contributed by atoms with Gasteiger partial charge in [0.2, 0.25) is 0 Å². The van der Waals surface area contributed by atoms with Crippen molar-refractivity contribution in [3.63, 3.8) is 0 Å². The lowest BCUT2D eigenvalue weighted by Gasteiger charge is -2.10. The van der Waals surface area contributed by atoms with Gasteiger partial charge in [0.25, 0.3) is 11.5 Å². The highest BCUT2D eigenvalue weighted by Crippen LogP contribution is 2.21. The Labute approximate surface area is 125 Å². The van der Waals surface area contributed by atoms with Gasteiger partial charge in [-0.3, -0.25) is 9.59 Å². The van der Waals surface area contributed by atoms with Gasteiger partial charge < -0.3 is 10.3 Å². The molecule has 0 aliphatic rings. The van der Waals surface area contributed by atoms with Crippen LogP contribution < -0.4 is 10.9 Å². The Hall–Kier alpha value is -1.88. The first kappa shape index (κ1) is 14.5. The fourth-order valence-electron chi connectivity index (χ4n) is 1.92. The predicted octanol–water partition coefficient (Wildman–Crippen LogP) is 3.26. The molecule has 0 bridgehead atoms. The number of aromatic amines is 1. The van der Waals surface area contributed by atoms with Crippen molar-refractivity contribution >= 4 is 27.5 Å². The molecule has 1 aromatic heterocycles. The third-order valence-corrected chi connectivity index (χ3v) is 3.49. The van der Waals surface area contributed by atoms with Crippen molar-refractivity contribution < 1.29 is 4.79 Å². The molecule has 104 valence electrons. The summed E-state index contributed by atoms with van der Waals surface area (Å²) in [5.41, 5.74) is 2.19. The molecular weight excluding hydrogens is 320 g/mol. The summed E-state index contributed by atoms with van der Waals surface area (Å²) < 4.78 is 0.959. The number of carbonyl (C=O) groups excluding carboxylic acids is 1. The Morgan fingerprint density at radius 1 is 1.30 bits per heavy atom. The molecule has 0 aliphatic carbocycles. The fraction of sp³-hybridized carbons (Fsp3) is 0.200. The van der Waals surface area contributed by atoms with Crippen LogP contribution in [0.1, 0.15) is 28.5 Å². The number of amides is 1. The molecule has 2 rings (SSSR count). The Morgan fingerprint density at radius 2 is 2.05 bits per heavy atom. The second kappa shape index (κ2) is 6.05. The van der Waals surface area contributed by atoms with E-state index in [0.717, 1.165) is 27.8 Å². The van der Waals surface area contributed by atoms with E-state index in [1.807, 2.05) is 25.1 Å². The Morgan fingerprint density at radius 3 is 2.70 bits per heavy atom. The van der Waals surface area contributed by atoms with Gasteiger partial charge in [0.15, 0.2) is 0 Å². The number of H-pyrrole nitrogens is 1. The van der Waals surface area contributed by atoms with Crippen LogP contribution in [0.5, 0.6) is 0 Å². The second-order valence-electron chi connectivity index (χ2n) is 4.49. The van der Waals surface area contributed by atoms with E-state index in [1.165, 1.54) is 6.07 Å². The Bertz CT molecular complexity index is 707. The lowest BCUT2D eigenvalue weighted by molar-refractivity contribution is 0.102. The minimum Gasteiger partial charge on any atom is -0.326 e. The van der Waals surface area contributed by atoms with Crippen molar-refractivity contribution in [1.82, 2.24) is 4.98 Å². The molecule has 0 spiro atoms. The van der Waals surface area contributed by atoms with Gasteiger partial charge in [-0.05, 0) is 49.2 Å². The number of pyridine rings is 1. The smallest absolute Gasteiger partial charge is 0.261 e. The maximum atomic E-state index is 12.2. The number of aromatic nitrogens is 1. The van der Waals surface area contributed by atoms with Crippen molar-refractivity contribution in [1.29, 1.82) is 0 Å². The van der Waals surface area contributed by atoms with Crippen molar-refractivity contribution in [2.24, 2.45) is 0 Å². The number of hydrogen-bond acceptors (Lipinski definition) is 2. The maximum Gasteiger partial charge on any atom is 0.261 e. The predicted molar refractivity (Wildman–Crippen MR) is 83.3 cm³/mol. The summed E-state index contributed by atoms with van der Waals surface area (Å²) in [6.07, 6.45) is 0.791. The SMILES string of the molecule is CCc1cc(Br)ccc1NC(=O)c1ccc(C)[nH]c1=O. The summed E-state index contributed by atoms with van der Waals surface area (Å²) >= 11 is 3.40. The van der Waals surface area contributed by atoms with E-state index in [4.69, 9.17) is 0 Å². The molecule has 5 heteroatoms. The first-order chi connectivity index (χ1) is 9.51. The molecule has 0 saturated carbocycles. The molecule has 0 radical (unpaired) electrons. The van der Waals surface area contributed by atoms with Crippen LogP contribution in [-0.2, 0) is 6.42 Å². The van der Waals surface area contributed by atoms with E-state index < -0.39 is 5.91 Å². The number of carbonyl (C=O) groups is 1. The number of nitrogens with one attached hydrogen (secondary N) is 2. The summed E-state index contributed by atoms with van der Waals surface area (Å²) in [7, 11) is 0. The van der Waals surface area contributed by atoms with E-state index in [0.29, 0.717) is 0 Å². The zero-order chi connectivity index (χ0) is 14.7. The van der Waals surface area contributed by atoms with Gasteiger partial charge in [-0.2, -0.15) is 0 Å². The summed E-state index contributed by atoms with van der Waals surface area (Å²) in [5, 5.41) is 2.79. The van der Waals surface area contributed by atoms with Gasteiger partial charge in [0.05, 0.1) is 0 Å². The van der Waals surface area contributed by atoms with Crippen LogP contribution in [0.2, 0.25) is 0 Å². The van der Waals surface area contributed by atoms with Crippen LogP contribution in [0.3, 0.4) is 0 Å². The minimum atomic E-state index is -0.400. The highest BCUT2D eigenvalue weighted by molar-refractivity contribution is 9.10. The van der Waals surface area contributed by atoms with Gasteiger partial charge in [-0.15, -0.1) is 0 Å². The molecule has 0 saturated heterocycles. The number of aryl methyl sites for hydroxylation is 2. The average Bonchev–Trinajstić information content (AvgIpc) is 2.40. The number of benzene rings is 1. The largest absolute Gasteiger partial charge is 0.326 e. The molecule has 0 atom stereocenters. The summed E-state index contributed by atoms with van der Waals surface area (Å²) in [4.78, 5) is 26.5. The molecule has 2 aromatic rings. The molecule has 0 unspecified atom stereocenters. The fourth-order valence-corrected chi connectivity index (χ4v) is 2.33. The summed E-state index contributed by atoms with van der Waals surface area (Å²) in [6, 6.07) is 8.87. The molecule has 1 amide bonds. The van der Waals surface area contributed by atoms with Crippen LogP contribution >= 0.6 is 15.9 Å². The zero-order valence-electron chi connectivity index (χ0n) is 11.3. The standard InChI is InChI=1S/C15H15BrN2O2/c1-3-10-8-11(16)5-7-13(10)18-15(20)12-6-4-9(2)17-14(12)19/h4-8H,3H2,1-2H3,(H,17,19)(H,18,20). The normalized spacial score (nSPS) is 10.3. The highest BCUT2D eigenvalue weighted by atomic mass is 79.9. The van der Waals surface area contributed by atoms with Crippen LogP contribution in [0.25, 0.3) is 0 Å².